The van der Waals surface area contributed by atoms with Crippen molar-refractivity contribution in [2.45, 2.75) is 25.8 Å². The Hall–Kier alpha value is -2.14. The number of hydrogen-bond acceptors (Lipinski definition) is 4. The summed E-state index contributed by atoms with van der Waals surface area (Å²) < 4.78 is 5.12. The summed E-state index contributed by atoms with van der Waals surface area (Å²) in [6.45, 7) is 7.51. The Morgan fingerprint density at radius 3 is 2.50 bits per heavy atom. The van der Waals surface area contributed by atoms with E-state index in [1.807, 2.05) is 31.2 Å². The number of benzene rings is 1. The fourth-order valence-corrected chi connectivity index (χ4v) is 3.03. The van der Waals surface area contributed by atoms with Crippen LogP contribution in [-0.4, -0.2) is 49.4 Å². The van der Waals surface area contributed by atoms with Crippen molar-refractivity contribution in [2.24, 2.45) is 5.92 Å². The van der Waals surface area contributed by atoms with Crippen LogP contribution in [0.15, 0.2) is 36.9 Å². The highest BCUT2D eigenvalue weighted by molar-refractivity contribution is 5.98. The van der Waals surface area contributed by atoms with Crippen LogP contribution in [0.2, 0.25) is 0 Å². The zero-order valence-electron chi connectivity index (χ0n) is 14.5. The van der Waals surface area contributed by atoms with Gasteiger partial charge >= 0.3 is 0 Å². The SMILES string of the molecule is C=CCNC(=O)C(C)N1CCC(C(=O)c2ccc(OC)cc2)CC1. The van der Waals surface area contributed by atoms with Crippen molar-refractivity contribution in [3.8, 4) is 5.75 Å². The Labute approximate surface area is 143 Å². The molecule has 1 aliphatic heterocycles. The van der Waals surface area contributed by atoms with Crippen LogP contribution < -0.4 is 10.1 Å². The lowest BCUT2D eigenvalue weighted by molar-refractivity contribution is -0.126. The standard InChI is InChI=1S/C19H26N2O3/c1-4-11-20-19(23)14(2)21-12-9-16(10-13-21)18(22)15-5-7-17(24-3)8-6-15/h4-8,14,16H,1,9-13H2,2-3H3,(H,20,23). The second-order valence-corrected chi connectivity index (χ2v) is 6.11. The van der Waals surface area contributed by atoms with Gasteiger partial charge in [-0.3, -0.25) is 14.5 Å². The first kappa shape index (κ1) is 18.2. The molecule has 1 saturated heterocycles. The number of hydrogen-bond donors (Lipinski definition) is 1. The average molecular weight is 330 g/mol. The Morgan fingerprint density at radius 2 is 1.96 bits per heavy atom. The molecular formula is C19H26N2O3. The van der Waals surface area contributed by atoms with Crippen molar-refractivity contribution < 1.29 is 14.3 Å². The second kappa shape index (κ2) is 8.64. The van der Waals surface area contributed by atoms with E-state index < -0.39 is 0 Å². The molecule has 1 aromatic rings. The van der Waals surface area contributed by atoms with E-state index in [1.54, 1.807) is 13.2 Å². The van der Waals surface area contributed by atoms with Crippen LogP contribution in [-0.2, 0) is 4.79 Å². The van der Waals surface area contributed by atoms with Crippen LogP contribution in [0.25, 0.3) is 0 Å². The molecule has 1 aliphatic rings. The van der Waals surface area contributed by atoms with Gasteiger partial charge in [-0.15, -0.1) is 6.58 Å². The molecular weight excluding hydrogens is 304 g/mol. The first-order chi connectivity index (χ1) is 11.6. The molecule has 130 valence electrons. The van der Waals surface area contributed by atoms with Crippen molar-refractivity contribution in [3.05, 3.63) is 42.5 Å². The molecule has 1 unspecified atom stereocenters. The molecule has 1 atom stereocenters. The number of amides is 1. The van der Waals surface area contributed by atoms with Crippen LogP contribution in [0.3, 0.4) is 0 Å². The maximum atomic E-state index is 12.6. The van der Waals surface area contributed by atoms with Crippen LogP contribution in [0.4, 0.5) is 0 Å². The van der Waals surface area contributed by atoms with E-state index in [-0.39, 0.29) is 23.7 Å². The third kappa shape index (κ3) is 4.45. The maximum Gasteiger partial charge on any atom is 0.237 e. The largest absolute Gasteiger partial charge is 0.497 e. The smallest absolute Gasteiger partial charge is 0.237 e. The predicted molar refractivity (Wildman–Crippen MR) is 94.3 cm³/mol. The highest BCUT2D eigenvalue weighted by atomic mass is 16.5. The van der Waals surface area contributed by atoms with Crippen molar-refractivity contribution in [1.29, 1.82) is 0 Å². The number of nitrogens with zero attached hydrogens (tertiary/aromatic N) is 1. The first-order valence-corrected chi connectivity index (χ1v) is 8.37. The van der Waals surface area contributed by atoms with Crippen molar-refractivity contribution >= 4 is 11.7 Å². The summed E-state index contributed by atoms with van der Waals surface area (Å²) in [5.41, 5.74) is 0.728. The first-order valence-electron chi connectivity index (χ1n) is 8.37. The highest BCUT2D eigenvalue weighted by Crippen LogP contribution is 2.24. The average Bonchev–Trinajstić information content (AvgIpc) is 2.65. The fourth-order valence-electron chi connectivity index (χ4n) is 3.03. The molecule has 0 aliphatic carbocycles. The molecule has 24 heavy (non-hydrogen) atoms. The summed E-state index contributed by atoms with van der Waals surface area (Å²) >= 11 is 0. The maximum absolute atomic E-state index is 12.6. The number of carbonyl (C=O) groups is 2. The summed E-state index contributed by atoms with van der Waals surface area (Å²) in [6.07, 6.45) is 3.23. The van der Waals surface area contributed by atoms with Crippen molar-refractivity contribution in [1.82, 2.24) is 10.2 Å². The Balaban J connectivity index is 1.88. The minimum absolute atomic E-state index is 0.00910. The molecule has 1 fully saturated rings. The molecule has 0 bridgehead atoms. The van der Waals surface area contributed by atoms with E-state index >= 15 is 0 Å². The second-order valence-electron chi connectivity index (χ2n) is 6.11. The summed E-state index contributed by atoms with van der Waals surface area (Å²) in [7, 11) is 1.61. The molecule has 1 heterocycles. The number of piperidine rings is 1. The van der Waals surface area contributed by atoms with Gasteiger partial charge in [0.1, 0.15) is 5.75 Å². The van der Waals surface area contributed by atoms with Gasteiger partial charge in [0.15, 0.2) is 5.78 Å². The van der Waals surface area contributed by atoms with Crippen LogP contribution in [0.5, 0.6) is 5.75 Å². The van der Waals surface area contributed by atoms with E-state index in [0.717, 1.165) is 37.2 Å². The molecule has 5 heteroatoms. The number of nitrogens with one attached hydrogen (secondary N) is 1. The number of Topliss-reactive ketones (excluding diaryl/α,β-unsaturated/α-hetero) is 1. The van der Waals surface area contributed by atoms with Crippen LogP contribution in [0.1, 0.15) is 30.1 Å². The van der Waals surface area contributed by atoms with Gasteiger partial charge in [-0.25, -0.2) is 0 Å². The van der Waals surface area contributed by atoms with Crippen LogP contribution in [0, 0.1) is 5.92 Å². The molecule has 1 aromatic carbocycles. The third-order valence-corrected chi connectivity index (χ3v) is 4.62. The predicted octanol–water partition coefficient (Wildman–Crippen LogP) is 2.28. The van der Waals surface area contributed by atoms with Crippen LogP contribution >= 0.6 is 0 Å². The van der Waals surface area contributed by atoms with Crippen molar-refractivity contribution in [3.63, 3.8) is 0 Å². The van der Waals surface area contributed by atoms with Gasteiger partial charge in [0.25, 0.3) is 0 Å². The van der Waals surface area contributed by atoms with E-state index in [2.05, 4.69) is 16.8 Å². The zero-order valence-corrected chi connectivity index (χ0v) is 14.5. The van der Waals surface area contributed by atoms with E-state index in [9.17, 15) is 9.59 Å². The molecule has 0 radical (unpaired) electrons. The monoisotopic (exact) mass is 330 g/mol. The van der Waals surface area contributed by atoms with Gasteiger partial charge in [-0.1, -0.05) is 6.08 Å². The lowest BCUT2D eigenvalue weighted by Gasteiger charge is -2.34. The highest BCUT2D eigenvalue weighted by Gasteiger charge is 2.29. The Bertz CT molecular complexity index is 575. The topological polar surface area (TPSA) is 58.6 Å². The number of ketones is 1. The summed E-state index contributed by atoms with van der Waals surface area (Å²) in [4.78, 5) is 26.8. The minimum Gasteiger partial charge on any atom is -0.497 e. The lowest BCUT2D eigenvalue weighted by atomic mass is 9.88. The van der Waals surface area contributed by atoms with E-state index in [4.69, 9.17) is 4.74 Å². The van der Waals surface area contributed by atoms with E-state index in [1.165, 1.54) is 0 Å². The number of rotatable bonds is 7. The van der Waals surface area contributed by atoms with Gasteiger partial charge < -0.3 is 10.1 Å². The Morgan fingerprint density at radius 1 is 1.33 bits per heavy atom. The molecule has 1 amide bonds. The third-order valence-electron chi connectivity index (χ3n) is 4.62. The van der Waals surface area contributed by atoms with Gasteiger partial charge in [0.2, 0.25) is 5.91 Å². The fraction of sp³-hybridized carbons (Fsp3) is 0.474. The van der Waals surface area contributed by atoms with Crippen molar-refractivity contribution in [2.75, 3.05) is 26.7 Å². The number of methoxy groups -OCH3 is 1. The summed E-state index contributed by atoms with van der Waals surface area (Å²) in [5.74, 6) is 0.967. The molecule has 5 nitrogen and oxygen atoms in total. The quantitative estimate of drug-likeness (QED) is 0.615. The molecule has 0 aromatic heterocycles. The Kier molecular flexibility index (Phi) is 6.55. The number of carbonyl (C=O) groups excluding carboxylic acids is 2. The lowest BCUT2D eigenvalue weighted by Crippen LogP contribution is -2.49. The van der Waals surface area contributed by atoms with Gasteiger partial charge in [0, 0.05) is 18.0 Å². The minimum atomic E-state index is -0.179. The molecule has 0 spiro atoms. The number of likely N-dealkylation sites (tertiary alicyclic amines) is 1. The van der Waals surface area contributed by atoms with Gasteiger partial charge in [-0.05, 0) is 57.1 Å². The normalized spacial score (nSPS) is 17.1. The molecule has 0 saturated carbocycles. The van der Waals surface area contributed by atoms with E-state index in [0.29, 0.717) is 6.54 Å². The zero-order chi connectivity index (χ0) is 17.5. The number of ether oxygens (including phenoxy) is 1. The molecule has 1 N–H and O–H groups in total. The molecule has 2 rings (SSSR count). The summed E-state index contributed by atoms with van der Waals surface area (Å²) in [6, 6.07) is 7.09. The summed E-state index contributed by atoms with van der Waals surface area (Å²) in [5, 5.41) is 2.82. The van der Waals surface area contributed by atoms with Gasteiger partial charge in [-0.2, -0.15) is 0 Å². The van der Waals surface area contributed by atoms with Gasteiger partial charge in [0.05, 0.1) is 13.2 Å².